The molecular formula is C25H21F2NO4. The molecule has 164 valence electrons. The first-order chi connectivity index (χ1) is 15.4. The van der Waals surface area contributed by atoms with E-state index in [0.717, 1.165) is 5.56 Å². The van der Waals surface area contributed by atoms with Crippen molar-refractivity contribution in [2.45, 2.75) is 25.2 Å². The molecule has 0 spiro atoms. The van der Waals surface area contributed by atoms with Crippen molar-refractivity contribution < 1.29 is 27.8 Å². The molecule has 1 amide bonds. The Bertz CT molecular complexity index is 1240. The van der Waals surface area contributed by atoms with E-state index < -0.39 is 17.0 Å². The van der Waals surface area contributed by atoms with Crippen molar-refractivity contribution in [1.82, 2.24) is 0 Å². The fraction of sp³-hybridized carbons (Fsp3) is 0.240. The second-order valence-corrected chi connectivity index (χ2v) is 8.10. The summed E-state index contributed by atoms with van der Waals surface area (Å²) in [5.74, 6) is 0.0272. The lowest BCUT2D eigenvalue weighted by Crippen LogP contribution is -2.28. The van der Waals surface area contributed by atoms with Crippen LogP contribution in [0.3, 0.4) is 0 Å². The smallest absolute Gasteiger partial charge is 0.235 e. The molecule has 1 aliphatic carbocycles. The number of halogens is 2. The van der Waals surface area contributed by atoms with Crippen LogP contribution >= 0.6 is 0 Å². The normalized spacial score (nSPS) is 15.4. The number of ether oxygens (including phenoxy) is 3. The van der Waals surface area contributed by atoms with Gasteiger partial charge in [-0.3, -0.25) is 4.79 Å². The Labute approximate surface area is 183 Å². The lowest BCUT2D eigenvalue weighted by Gasteiger charge is -2.18. The third kappa shape index (κ3) is 3.34. The van der Waals surface area contributed by atoms with Crippen molar-refractivity contribution in [3.8, 4) is 28.4 Å². The first-order valence-corrected chi connectivity index (χ1v) is 10.3. The Balaban J connectivity index is 1.45. The first-order valence-electron chi connectivity index (χ1n) is 10.3. The monoisotopic (exact) mass is 437 g/mol. The maximum atomic E-state index is 14.8. The standard InChI is InChI=1S/C25H21F2NO4/c1-14-9-18(26)20(12-17(14)15-3-5-21(30-2)19(27)10-15)28-24(29)25(7-8-25)16-4-6-22-23(11-16)32-13-31-22/h3-6,9-12H,7-8,13H2,1-2H3,(H,28,29). The highest BCUT2D eigenvalue weighted by atomic mass is 19.1. The van der Waals surface area contributed by atoms with Gasteiger partial charge in [0.15, 0.2) is 23.1 Å². The maximum absolute atomic E-state index is 14.8. The number of nitrogens with one attached hydrogen (secondary N) is 1. The first kappa shape index (κ1) is 20.3. The summed E-state index contributed by atoms with van der Waals surface area (Å²) >= 11 is 0. The van der Waals surface area contributed by atoms with Crippen molar-refractivity contribution in [2.75, 3.05) is 19.2 Å². The number of amides is 1. The summed E-state index contributed by atoms with van der Waals surface area (Å²) in [4.78, 5) is 13.2. The van der Waals surface area contributed by atoms with Gasteiger partial charge in [-0.1, -0.05) is 12.1 Å². The fourth-order valence-corrected chi connectivity index (χ4v) is 4.12. The summed E-state index contributed by atoms with van der Waals surface area (Å²) in [6.45, 7) is 1.89. The van der Waals surface area contributed by atoms with E-state index in [-0.39, 0.29) is 24.1 Å². The maximum Gasteiger partial charge on any atom is 0.235 e. The van der Waals surface area contributed by atoms with Crippen LogP contribution < -0.4 is 19.5 Å². The van der Waals surface area contributed by atoms with E-state index in [4.69, 9.17) is 14.2 Å². The van der Waals surface area contributed by atoms with Crippen LogP contribution in [0.25, 0.3) is 11.1 Å². The van der Waals surface area contributed by atoms with Crippen molar-refractivity contribution >= 4 is 11.6 Å². The molecule has 7 heteroatoms. The molecule has 1 saturated carbocycles. The highest BCUT2D eigenvalue weighted by molar-refractivity contribution is 6.02. The van der Waals surface area contributed by atoms with Crippen LogP contribution in [0.2, 0.25) is 0 Å². The number of fused-ring (bicyclic) bond motifs is 1. The number of aryl methyl sites for hydroxylation is 1. The van der Waals surface area contributed by atoms with E-state index >= 15 is 0 Å². The van der Waals surface area contributed by atoms with Crippen LogP contribution in [-0.2, 0) is 10.2 Å². The third-order valence-corrected chi connectivity index (χ3v) is 6.13. The molecule has 1 fully saturated rings. The van der Waals surface area contributed by atoms with Crippen LogP contribution in [0.15, 0.2) is 48.5 Å². The molecule has 0 aromatic heterocycles. The van der Waals surface area contributed by atoms with Gasteiger partial charge in [0.25, 0.3) is 0 Å². The summed E-state index contributed by atoms with van der Waals surface area (Å²) < 4.78 is 44.7. The fourth-order valence-electron chi connectivity index (χ4n) is 4.12. The molecule has 0 atom stereocenters. The quantitative estimate of drug-likeness (QED) is 0.585. The summed E-state index contributed by atoms with van der Waals surface area (Å²) in [5, 5.41) is 2.75. The van der Waals surface area contributed by atoms with Crippen LogP contribution in [0, 0.1) is 18.6 Å². The van der Waals surface area contributed by atoms with Gasteiger partial charge in [0.1, 0.15) is 5.82 Å². The molecule has 5 rings (SSSR count). The topological polar surface area (TPSA) is 56.8 Å². The average molecular weight is 437 g/mol. The lowest BCUT2D eigenvalue weighted by atomic mass is 9.94. The van der Waals surface area contributed by atoms with Crippen molar-refractivity contribution in [1.29, 1.82) is 0 Å². The number of methoxy groups -OCH3 is 1. The van der Waals surface area contributed by atoms with E-state index in [1.54, 1.807) is 25.1 Å². The van der Waals surface area contributed by atoms with Crippen LogP contribution in [0.4, 0.5) is 14.5 Å². The minimum absolute atomic E-state index is 0.0545. The van der Waals surface area contributed by atoms with E-state index in [1.807, 2.05) is 12.1 Å². The number of carbonyl (C=O) groups excluding carboxylic acids is 1. The van der Waals surface area contributed by atoms with E-state index in [2.05, 4.69) is 5.32 Å². The number of carbonyl (C=O) groups is 1. The second kappa shape index (κ2) is 7.51. The number of hydrogen-bond acceptors (Lipinski definition) is 4. The van der Waals surface area contributed by atoms with Crippen LogP contribution in [0.5, 0.6) is 17.2 Å². The molecular weight excluding hydrogens is 416 g/mol. The largest absolute Gasteiger partial charge is 0.494 e. The SMILES string of the molecule is COc1ccc(-c2cc(NC(=O)C3(c4ccc5c(c4)OCO5)CC3)c(F)cc2C)cc1F. The van der Waals surface area contributed by atoms with Crippen LogP contribution in [0.1, 0.15) is 24.0 Å². The highest BCUT2D eigenvalue weighted by Gasteiger charge is 2.51. The summed E-state index contributed by atoms with van der Waals surface area (Å²) in [6.07, 6.45) is 1.31. The number of anilines is 1. The molecule has 5 nitrogen and oxygen atoms in total. The molecule has 3 aromatic rings. The molecule has 0 radical (unpaired) electrons. The molecule has 32 heavy (non-hydrogen) atoms. The van der Waals surface area contributed by atoms with Gasteiger partial charge in [-0.25, -0.2) is 8.78 Å². The van der Waals surface area contributed by atoms with E-state index in [0.29, 0.717) is 41.0 Å². The van der Waals surface area contributed by atoms with Gasteiger partial charge in [0, 0.05) is 0 Å². The number of hydrogen-bond donors (Lipinski definition) is 1. The van der Waals surface area contributed by atoms with Crippen molar-refractivity contribution in [3.05, 3.63) is 71.3 Å². The van der Waals surface area contributed by atoms with Crippen molar-refractivity contribution in [2.24, 2.45) is 0 Å². The minimum atomic E-state index is -0.731. The summed E-state index contributed by atoms with van der Waals surface area (Å²) in [7, 11) is 1.39. The Morgan fingerprint density at radius 1 is 1.00 bits per heavy atom. The number of benzene rings is 3. The zero-order valence-corrected chi connectivity index (χ0v) is 17.6. The van der Waals surface area contributed by atoms with Gasteiger partial charge in [-0.15, -0.1) is 0 Å². The predicted molar refractivity (Wildman–Crippen MR) is 115 cm³/mol. The summed E-state index contributed by atoms with van der Waals surface area (Å²) in [6, 6.07) is 12.9. The van der Waals surface area contributed by atoms with Gasteiger partial charge in [-0.05, 0) is 78.4 Å². The second-order valence-electron chi connectivity index (χ2n) is 8.10. The van der Waals surface area contributed by atoms with Gasteiger partial charge in [0.2, 0.25) is 12.7 Å². The molecule has 0 bridgehead atoms. The van der Waals surface area contributed by atoms with Gasteiger partial charge >= 0.3 is 0 Å². The Morgan fingerprint density at radius 3 is 2.50 bits per heavy atom. The third-order valence-electron chi connectivity index (χ3n) is 6.13. The zero-order valence-electron chi connectivity index (χ0n) is 17.6. The zero-order chi connectivity index (χ0) is 22.5. The lowest BCUT2D eigenvalue weighted by molar-refractivity contribution is -0.118. The molecule has 2 aliphatic rings. The molecule has 1 N–H and O–H groups in total. The molecule has 0 unspecified atom stereocenters. The average Bonchev–Trinajstić information content (AvgIpc) is 3.46. The van der Waals surface area contributed by atoms with Crippen molar-refractivity contribution in [3.63, 3.8) is 0 Å². The Kier molecular flexibility index (Phi) is 4.77. The number of rotatable bonds is 5. The van der Waals surface area contributed by atoms with E-state index in [9.17, 15) is 13.6 Å². The molecule has 3 aromatic carbocycles. The molecule has 1 aliphatic heterocycles. The van der Waals surface area contributed by atoms with Gasteiger partial charge < -0.3 is 19.5 Å². The predicted octanol–water partition coefficient (Wildman–Crippen LogP) is 5.35. The highest BCUT2D eigenvalue weighted by Crippen LogP contribution is 2.51. The molecule has 1 heterocycles. The molecule has 0 saturated heterocycles. The Morgan fingerprint density at radius 2 is 1.78 bits per heavy atom. The van der Waals surface area contributed by atoms with Gasteiger partial charge in [0.05, 0.1) is 18.2 Å². The Hall–Kier alpha value is -3.61. The summed E-state index contributed by atoms with van der Waals surface area (Å²) in [5.41, 5.74) is 1.94. The van der Waals surface area contributed by atoms with Gasteiger partial charge in [-0.2, -0.15) is 0 Å². The minimum Gasteiger partial charge on any atom is -0.494 e. The van der Waals surface area contributed by atoms with Crippen LogP contribution in [-0.4, -0.2) is 19.8 Å². The van der Waals surface area contributed by atoms with E-state index in [1.165, 1.54) is 25.3 Å².